The Balaban J connectivity index is -0.000000628. The lowest BCUT2D eigenvalue weighted by Gasteiger charge is -2.33. The largest absolute Gasteiger partial charge is 0.460 e. The molecular formula is C102H176N8O36S2. The van der Waals surface area contributed by atoms with Crippen molar-refractivity contribution in [2.24, 2.45) is 10.8 Å². The lowest BCUT2D eigenvalue weighted by molar-refractivity contribution is -0.144. The number of carbonyl (C=O) groups is 13. The molecule has 0 saturated heterocycles. The normalized spacial score (nSPS) is 12.8. The molecule has 44 nitrogen and oxygen atoms in total. The van der Waals surface area contributed by atoms with Crippen LogP contribution in [-0.4, -0.2) is 412 Å². The zero-order chi connectivity index (χ0) is 113. The molecule has 0 aromatic heterocycles. The second-order valence-corrected chi connectivity index (χ2v) is 36.8. The quantitative estimate of drug-likeness (QED) is 0.0178. The van der Waals surface area contributed by atoms with Gasteiger partial charge in [-0.2, -0.15) is 0 Å². The summed E-state index contributed by atoms with van der Waals surface area (Å²) in [4.78, 5) is 149. The van der Waals surface area contributed by atoms with Crippen LogP contribution in [0.1, 0.15) is 130 Å². The highest BCUT2D eigenvalue weighted by atomic mass is 32.2. The Bertz CT molecular complexity index is 3660. The Labute approximate surface area is 883 Å². The summed E-state index contributed by atoms with van der Waals surface area (Å²) in [5.74, 6) is -4.84. The molecule has 0 radical (unpaired) electrons. The maximum absolute atomic E-state index is 11.9. The van der Waals surface area contributed by atoms with Crippen LogP contribution in [0, 0.1) is 10.8 Å². The fourth-order valence-electron chi connectivity index (χ4n) is 9.80. The number of nitrogens with one attached hydrogen (secondary N) is 8. The van der Waals surface area contributed by atoms with E-state index in [2.05, 4.69) is 108 Å². The minimum atomic E-state index is -0.890. The van der Waals surface area contributed by atoms with Gasteiger partial charge in [0.25, 0.3) is 17.7 Å². The van der Waals surface area contributed by atoms with Gasteiger partial charge in [-0.05, 0) is 120 Å². The fraction of sp³-hybridized carbons (Fsp3) is 0.676. The Morgan fingerprint density at radius 2 is 0.507 bits per heavy atom. The Morgan fingerprint density at radius 1 is 0.277 bits per heavy atom. The van der Waals surface area contributed by atoms with E-state index in [4.69, 9.17) is 85.3 Å². The molecule has 0 rings (SSSR count). The van der Waals surface area contributed by atoms with Crippen molar-refractivity contribution in [2.45, 2.75) is 179 Å². The van der Waals surface area contributed by atoms with Crippen LogP contribution in [0.5, 0.6) is 0 Å². The van der Waals surface area contributed by atoms with Crippen LogP contribution < -0.4 is 42.5 Å². The molecule has 0 aliphatic rings. The van der Waals surface area contributed by atoms with E-state index in [1.165, 1.54) is 65.1 Å². The molecule has 0 bridgehead atoms. The van der Waals surface area contributed by atoms with Crippen molar-refractivity contribution in [3.63, 3.8) is 0 Å². The number of thioether (sulfide) groups is 2. The van der Waals surface area contributed by atoms with Crippen LogP contribution in [0.15, 0.2) is 122 Å². The molecule has 0 spiro atoms. The Kier molecular flexibility index (Phi) is 93.3. The number of rotatable bonds is 85. The van der Waals surface area contributed by atoms with Crippen molar-refractivity contribution < 1.29 is 173 Å². The predicted molar refractivity (Wildman–Crippen MR) is 563 cm³/mol. The number of aliphatic hydroxyl groups excluding tert-OH is 5. The Morgan fingerprint density at radius 3 is 0.743 bits per heavy atom. The number of ether oxygens (including phenoxy) is 18. The monoisotopic (exact) mass is 2150 g/mol. The summed E-state index contributed by atoms with van der Waals surface area (Å²) in [5.41, 5.74) is 1.97. The average Bonchev–Trinajstić information content (AvgIpc) is 0.871. The molecule has 8 unspecified atom stereocenters. The zero-order valence-electron chi connectivity index (χ0n) is 90.6. The van der Waals surface area contributed by atoms with Crippen molar-refractivity contribution >= 4 is 99.2 Å². The smallest absolute Gasteiger partial charge is 0.333 e. The molecule has 0 fully saturated rings. The first kappa shape index (κ1) is 147. The SMILES string of the molecule is C=C(C)C(=O)OCC(=O)NCCOCC(CC)(COCCNC(=O)COC(=O)C(=C)C)COCCNC(=O)COC(=O)C(=C)C.C=C(C)C(=O)OCC(O)CNC(C)COCC(CC)(COCC(C)NCC(O)COC(=O)C(=C)C)COCC(C)NCC(O)COC(=O)C(=C)C.C=C(C)C(=O)OCC(O)CNCCOC.C=C(C)C(=O)OCC(O)CNCCOCCC.C=C(C)C(=O)SCCOCCOCCSC(=O)C(=C)C. The molecule has 0 aliphatic heterocycles. The van der Waals surface area contributed by atoms with Crippen LogP contribution in [0.4, 0.5) is 0 Å². The molecule has 0 aromatic rings. The van der Waals surface area contributed by atoms with Gasteiger partial charge in [0, 0.05) is 164 Å². The number of esters is 8. The molecular weight excluding hydrogens is 1980 g/mol. The summed E-state index contributed by atoms with van der Waals surface area (Å²) in [6.45, 7) is 70.5. The molecule has 0 aromatic carbocycles. The Hall–Kier alpha value is -9.19. The summed E-state index contributed by atoms with van der Waals surface area (Å²) in [6.07, 6.45) is -1.84. The maximum Gasteiger partial charge on any atom is 0.333 e. The first-order valence-electron chi connectivity index (χ1n) is 48.5. The molecule has 3 amide bonds. The van der Waals surface area contributed by atoms with Gasteiger partial charge in [0.2, 0.25) is 10.2 Å². The van der Waals surface area contributed by atoms with E-state index >= 15 is 0 Å². The van der Waals surface area contributed by atoms with Gasteiger partial charge in [0.1, 0.15) is 63.6 Å². The summed E-state index contributed by atoms with van der Waals surface area (Å²) < 4.78 is 95.3. The van der Waals surface area contributed by atoms with Crippen LogP contribution in [0.2, 0.25) is 0 Å². The van der Waals surface area contributed by atoms with E-state index in [0.717, 1.165) is 13.0 Å². The van der Waals surface area contributed by atoms with Gasteiger partial charge in [-0.25, -0.2) is 38.4 Å². The highest BCUT2D eigenvalue weighted by Gasteiger charge is 2.33. The highest BCUT2D eigenvalue weighted by Crippen LogP contribution is 2.26. The zero-order valence-corrected chi connectivity index (χ0v) is 92.2. The first-order valence-corrected chi connectivity index (χ1v) is 50.5. The molecule has 13 N–H and O–H groups in total. The molecule has 8 atom stereocenters. The van der Waals surface area contributed by atoms with Gasteiger partial charge in [0.15, 0.2) is 19.8 Å². The molecule has 0 aliphatic carbocycles. The van der Waals surface area contributed by atoms with Crippen molar-refractivity contribution in [2.75, 3.05) is 262 Å². The number of aliphatic hydroxyl groups is 5. The molecule has 46 heteroatoms. The molecule has 852 valence electrons. The maximum atomic E-state index is 11.9. The van der Waals surface area contributed by atoms with Crippen LogP contribution in [0.3, 0.4) is 0 Å². The number of carbonyl (C=O) groups excluding carboxylic acids is 13. The number of hydrogen-bond acceptors (Lipinski definition) is 43. The first-order chi connectivity index (χ1) is 69.7. The summed E-state index contributed by atoms with van der Waals surface area (Å²) in [6, 6.07) is -0.365. The standard InChI is InChI=1S/C36H65N3O12.C30H47N3O12.C14H22O4S2.C12H23NO4.C10H19NO4/c1-11-36(21-46-15-27(8)37-12-30(40)18-49-33(43)24(2)3,22-47-16-28(9)38-13-31(41)19-50-34(44)25(4)5)23-48-17-29(10)39-14-32(42)20-51-35(45)26(6)7;1-8-30(18-40-12-9-31-24(34)15-43-27(37)21(2)3,19-41-13-10-32-25(35)16-44-28(38)22(4)5)20-42-14-11-33-26(36)17-45-29(39)23(6)7;1-11(2)13(15)19-9-7-17-5-6-18-8-10-20-14(16)12(3)4;1-4-6-16-7-5-13-8-11(14)9-17-12(15)10(2)3;1-8(2)10(13)15-7-9(12)6-11-4-5-14-3/h27-32,37-42H,2,4,6,11-23H2,1,3,5,7-10H3;2,4,6,8-20H2,1,3,5,7H3,(H,31,34)(H,32,35)(H,33,36);1,3,5-10H2,2,4H3;11,13-14H,2,4-9H2,1,3H3;9,11-12H,1,4-7H2,2-3H3. The van der Waals surface area contributed by atoms with Gasteiger partial charge < -0.3 is 153 Å². The number of amides is 3. The van der Waals surface area contributed by atoms with E-state index in [0.29, 0.717) is 152 Å². The summed E-state index contributed by atoms with van der Waals surface area (Å²) in [7, 11) is 1.60. The van der Waals surface area contributed by atoms with Crippen LogP contribution in [0.25, 0.3) is 0 Å². The fourth-order valence-corrected chi connectivity index (χ4v) is 11.1. The molecule has 0 heterocycles. The third-order valence-corrected chi connectivity index (χ3v) is 20.7. The van der Waals surface area contributed by atoms with Gasteiger partial charge in [-0.15, -0.1) is 0 Å². The van der Waals surface area contributed by atoms with Crippen molar-refractivity contribution in [3.8, 4) is 0 Å². The van der Waals surface area contributed by atoms with Gasteiger partial charge in [-0.1, -0.05) is 110 Å². The summed E-state index contributed by atoms with van der Waals surface area (Å²) >= 11 is 2.42. The number of hydrogen-bond donors (Lipinski definition) is 13. The van der Waals surface area contributed by atoms with Crippen molar-refractivity contribution in [3.05, 3.63) is 122 Å². The average molecular weight is 2150 g/mol. The van der Waals surface area contributed by atoms with Crippen molar-refractivity contribution in [1.29, 1.82) is 0 Å². The lowest BCUT2D eigenvalue weighted by Crippen LogP contribution is -2.43. The lowest BCUT2D eigenvalue weighted by atomic mass is 9.88. The van der Waals surface area contributed by atoms with Crippen LogP contribution in [-0.2, 0) is 148 Å². The van der Waals surface area contributed by atoms with E-state index in [1.54, 1.807) is 34.8 Å². The van der Waals surface area contributed by atoms with Crippen molar-refractivity contribution in [1.82, 2.24) is 42.5 Å². The van der Waals surface area contributed by atoms with E-state index < -0.39 is 127 Å². The summed E-state index contributed by atoms with van der Waals surface area (Å²) in [5, 5.41) is 72.5. The molecule has 0 saturated carbocycles. The van der Waals surface area contributed by atoms with E-state index in [1.807, 2.05) is 41.5 Å². The predicted octanol–water partition coefficient (Wildman–Crippen LogP) is 3.82. The second-order valence-electron chi connectivity index (χ2n) is 34.7. The minimum absolute atomic E-state index is 0.00375. The molecule has 148 heavy (non-hydrogen) atoms. The number of methoxy groups -OCH3 is 1. The van der Waals surface area contributed by atoms with Gasteiger partial charge in [0.05, 0.1) is 119 Å². The second kappa shape index (κ2) is 93.8. The van der Waals surface area contributed by atoms with Gasteiger partial charge >= 0.3 is 47.8 Å². The topological polar surface area (TPSA) is 585 Å². The van der Waals surface area contributed by atoms with E-state index in [9.17, 15) is 87.9 Å². The third kappa shape index (κ3) is 90.7. The minimum Gasteiger partial charge on any atom is -0.460 e. The van der Waals surface area contributed by atoms with E-state index in [-0.39, 0.29) is 174 Å². The van der Waals surface area contributed by atoms with Gasteiger partial charge in [-0.3, -0.25) is 24.0 Å². The van der Waals surface area contributed by atoms with Crippen LogP contribution >= 0.6 is 23.5 Å². The highest BCUT2D eigenvalue weighted by molar-refractivity contribution is 8.14. The third-order valence-electron chi connectivity index (χ3n) is 18.7.